The fourth-order valence-corrected chi connectivity index (χ4v) is 4.34. The number of aromatic nitrogens is 2. The zero-order valence-electron chi connectivity index (χ0n) is 17.6. The molecule has 2 aliphatic rings. The number of hydrogen-bond acceptors (Lipinski definition) is 3. The van der Waals surface area contributed by atoms with Gasteiger partial charge in [0.2, 0.25) is 0 Å². The van der Waals surface area contributed by atoms with Gasteiger partial charge in [-0.3, -0.25) is 19.4 Å². The average molecular weight is 408 g/mol. The molecular weight excluding hydrogens is 378 g/mol. The number of hydrogen-bond donors (Lipinski definition) is 2. The van der Waals surface area contributed by atoms with E-state index in [9.17, 15) is 14.9 Å². The van der Waals surface area contributed by atoms with Crippen molar-refractivity contribution in [1.82, 2.24) is 20.0 Å². The van der Waals surface area contributed by atoms with Crippen molar-refractivity contribution in [3.63, 3.8) is 0 Å². The molecule has 2 fully saturated rings. The maximum Gasteiger partial charge on any atom is 0.253 e. The first kappa shape index (κ1) is 20.3. The molecule has 0 aliphatic heterocycles. The summed E-state index contributed by atoms with van der Waals surface area (Å²) in [5.74, 6) is 0.157. The second kappa shape index (κ2) is 8.02. The quantitative estimate of drug-likeness (QED) is 0.766. The van der Waals surface area contributed by atoms with Crippen LogP contribution in [0.1, 0.15) is 77.4 Å². The van der Waals surface area contributed by atoms with Crippen LogP contribution in [-0.2, 0) is 5.54 Å². The van der Waals surface area contributed by atoms with Crippen LogP contribution in [0.5, 0.6) is 0 Å². The number of nitriles is 1. The van der Waals surface area contributed by atoms with Gasteiger partial charge < -0.3 is 10.2 Å². The topological polar surface area (TPSA) is 93.9 Å². The maximum atomic E-state index is 13.0. The lowest BCUT2D eigenvalue weighted by Crippen LogP contribution is -2.38. The van der Waals surface area contributed by atoms with Gasteiger partial charge in [0.25, 0.3) is 11.8 Å². The highest BCUT2D eigenvalue weighted by atomic mass is 16.2. The van der Waals surface area contributed by atoms with Crippen LogP contribution in [0.2, 0.25) is 0 Å². The highest BCUT2D eigenvalue weighted by Crippen LogP contribution is 2.44. The Morgan fingerprint density at radius 1 is 1.17 bits per heavy atom. The first-order valence-electron chi connectivity index (χ1n) is 10.7. The fraction of sp³-hybridized carbons (Fsp3) is 0.522. The lowest BCUT2D eigenvalue weighted by molar-refractivity contribution is 0.0826. The van der Waals surface area contributed by atoms with Gasteiger partial charge in [-0.1, -0.05) is 19.3 Å². The predicted molar refractivity (Wildman–Crippen MR) is 113 cm³/mol. The van der Waals surface area contributed by atoms with Crippen LogP contribution < -0.4 is 5.32 Å². The predicted octanol–water partition coefficient (Wildman–Crippen LogP) is 3.58. The largest absolute Gasteiger partial charge is 0.345 e. The van der Waals surface area contributed by atoms with Crippen molar-refractivity contribution in [2.24, 2.45) is 5.92 Å². The SMILES string of the molecule is CN(C)C(=O)c1ccc(C(=O)NC(c2cn(C3(C#N)CC3)[nH]2)C2CCCCC2)cc1. The molecule has 1 aromatic carbocycles. The van der Waals surface area contributed by atoms with Crippen molar-refractivity contribution in [2.45, 2.75) is 56.5 Å². The normalized spacial score (nSPS) is 19.0. The Balaban J connectivity index is 1.50. The Morgan fingerprint density at radius 2 is 1.77 bits per heavy atom. The summed E-state index contributed by atoms with van der Waals surface area (Å²) in [6.45, 7) is 0. The van der Waals surface area contributed by atoms with E-state index in [0.717, 1.165) is 31.4 Å². The molecule has 7 heteroatoms. The molecule has 2 amide bonds. The van der Waals surface area contributed by atoms with E-state index in [0.29, 0.717) is 17.0 Å². The number of nitrogens with one attached hydrogen (secondary N) is 2. The Bertz CT molecular complexity index is 941. The van der Waals surface area contributed by atoms with Gasteiger partial charge in [0, 0.05) is 31.4 Å². The molecule has 7 nitrogen and oxygen atoms in total. The summed E-state index contributed by atoms with van der Waals surface area (Å²) in [6.07, 6.45) is 9.52. The second-order valence-electron chi connectivity index (χ2n) is 8.84. The smallest absolute Gasteiger partial charge is 0.253 e. The Hall–Kier alpha value is -3.01. The summed E-state index contributed by atoms with van der Waals surface area (Å²) in [5.41, 5.74) is 1.68. The molecular formula is C23H29N5O2. The van der Waals surface area contributed by atoms with E-state index >= 15 is 0 Å². The summed E-state index contributed by atoms with van der Waals surface area (Å²) < 4.78 is 1.89. The van der Waals surface area contributed by atoms with Crippen molar-refractivity contribution in [1.29, 1.82) is 5.26 Å². The number of nitrogens with zero attached hydrogens (tertiary/aromatic N) is 3. The van der Waals surface area contributed by atoms with E-state index in [4.69, 9.17) is 0 Å². The van der Waals surface area contributed by atoms with Crippen LogP contribution in [0.3, 0.4) is 0 Å². The summed E-state index contributed by atoms with van der Waals surface area (Å²) in [6, 6.07) is 9.08. The number of carbonyl (C=O) groups excluding carboxylic acids is 2. The Labute approximate surface area is 177 Å². The highest BCUT2D eigenvalue weighted by Gasteiger charge is 2.47. The molecule has 0 radical (unpaired) electrons. The van der Waals surface area contributed by atoms with Gasteiger partial charge in [-0.05, 0) is 55.9 Å². The van der Waals surface area contributed by atoms with E-state index in [1.54, 1.807) is 38.4 Å². The van der Waals surface area contributed by atoms with Crippen molar-refractivity contribution in [3.05, 3.63) is 47.3 Å². The first-order valence-corrected chi connectivity index (χ1v) is 10.7. The molecule has 158 valence electrons. The fourth-order valence-electron chi connectivity index (χ4n) is 4.34. The van der Waals surface area contributed by atoms with E-state index in [1.807, 2.05) is 10.9 Å². The van der Waals surface area contributed by atoms with E-state index < -0.39 is 5.54 Å². The lowest BCUT2D eigenvalue weighted by atomic mass is 9.82. The number of aromatic amines is 1. The highest BCUT2D eigenvalue weighted by molar-refractivity contribution is 5.97. The molecule has 1 aromatic heterocycles. The molecule has 30 heavy (non-hydrogen) atoms. The molecule has 2 saturated carbocycles. The maximum absolute atomic E-state index is 13.0. The number of amides is 2. The van der Waals surface area contributed by atoms with Crippen LogP contribution in [0.4, 0.5) is 0 Å². The molecule has 2 aliphatic carbocycles. The van der Waals surface area contributed by atoms with Crippen LogP contribution in [-0.4, -0.2) is 40.6 Å². The molecule has 0 saturated heterocycles. The van der Waals surface area contributed by atoms with Gasteiger partial charge in [0.05, 0.1) is 17.8 Å². The van der Waals surface area contributed by atoms with Crippen LogP contribution in [0, 0.1) is 17.2 Å². The zero-order valence-corrected chi connectivity index (χ0v) is 17.6. The second-order valence-corrected chi connectivity index (χ2v) is 8.84. The Kier molecular flexibility index (Phi) is 5.42. The van der Waals surface area contributed by atoms with Crippen LogP contribution >= 0.6 is 0 Å². The van der Waals surface area contributed by atoms with Crippen LogP contribution in [0.15, 0.2) is 30.5 Å². The van der Waals surface area contributed by atoms with E-state index in [-0.39, 0.29) is 17.9 Å². The molecule has 0 spiro atoms. The average Bonchev–Trinajstić information content (AvgIpc) is 3.53. The monoisotopic (exact) mass is 407 g/mol. The van der Waals surface area contributed by atoms with Crippen molar-refractivity contribution in [3.8, 4) is 6.07 Å². The van der Waals surface area contributed by atoms with Crippen molar-refractivity contribution < 1.29 is 9.59 Å². The minimum atomic E-state index is -0.403. The van der Waals surface area contributed by atoms with Crippen molar-refractivity contribution >= 4 is 11.8 Å². The van der Waals surface area contributed by atoms with Gasteiger partial charge in [-0.25, -0.2) is 0 Å². The molecule has 1 heterocycles. The summed E-state index contributed by atoms with van der Waals surface area (Å²) >= 11 is 0. The molecule has 2 aromatic rings. The van der Waals surface area contributed by atoms with E-state index in [2.05, 4.69) is 16.5 Å². The summed E-state index contributed by atoms with van der Waals surface area (Å²) in [5, 5.41) is 15.9. The van der Waals surface area contributed by atoms with Crippen LogP contribution in [0.25, 0.3) is 0 Å². The molecule has 1 unspecified atom stereocenters. The minimum Gasteiger partial charge on any atom is -0.345 e. The Morgan fingerprint density at radius 3 is 2.30 bits per heavy atom. The van der Waals surface area contributed by atoms with Gasteiger partial charge in [0.1, 0.15) is 5.54 Å². The number of carbonyl (C=O) groups is 2. The summed E-state index contributed by atoms with van der Waals surface area (Å²) in [4.78, 5) is 26.6. The first-order chi connectivity index (χ1) is 14.4. The molecule has 4 rings (SSSR count). The third-order valence-corrected chi connectivity index (χ3v) is 6.45. The van der Waals surface area contributed by atoms with Gasteiger partial charge in [-0.2, -0.15) is 5.26 Å². The number of rotatable bonds is 6. The van der Waals surface area contributed by atoms with Gasteiger partial charge in [-0.15, -0.1) is 0 Å². The number of H-pyrrole nitrogens is 1. The minimum absolute atomic E-state index is 0.0857. The summed E-state index contributed by atoms with van der Waals surface area (Å²) in [7, 11) is 3.41. The van der Waals surface area contributed by atoms with Crippen molar-refractivity contribution in [2.75, 3.05) is 14.1 Å². The van der Waals surface area contributed by atoms with E-state index in [1.165, 1.54) is 24.2 Å². The molecule has 2 N–H and O–H groups in total. The van der Waals surface area contributed by atoms with Gasteiger partial charge >= 0.3 is 0 Å². The van der Waals surface area contributed by atoms with Gasteiger partial charge in [0.15, 0.2) is 0 Å². The third-order valence-electron chi connectivity index (χ3n) is 6.45. The number of benzene rings is 1. The lowest BCUT2D eigenvalue weighted by Gasteiger charge is -2.34. The zero-order chi connectivity index (χ0) is 21.3. The molecule has 0 bridgehead atoms. The molecule has 1 atom stereocenters. The standard InChI is InChI=1S/C23H29N5O2/c1-27(2)22(30)18-10-8-17(9-11-18)21(29)25-20(16-6-4-3-5-7-16)19-14-28(26-19)23(15-24)12-13-23/h8-11,14,16,20,26H,3-7,12-13H2,1-2H3,(H,25,29). The third kappa shape index (κ3) is 3.87.